The van der Waals surface area contributed by atoms with Crippen LogP contribution in [0.4, 0.5) is 0 Å². The number of ether oxygens (including phenoxy) is 3. The van der Waals surface area contributed by atoms with Gasteiger partial charge in [0.05, 0.1) is 6.54 Å². The van der Waals surface area contributed by atoms with Crippen LogP contribution in [-0.4, -0.2) is 28.9 Å². The van der Waals surface area contributed by atoms with Gasteiger partial charge in [-0.15, -0.1) is 0 Å². The first-order valence-corrected chi connectivity index (χ1v) is 9.85. The number of fused-ring (bicyclic) bond motifs is 1. The lowest BCUT2D eigenvalue weighted by molar-refractivity contribution is -0.222. The molecule has 0 amide bonds. The molecule has 6 nitrogen and oxygen atoms in total. The van der Waals surface area contributed by atoms with Crippen LogP contribution in [0.2, 0.25) is 5.02 Å². The summed E-state index contributed by atoms with van der Waals surface area (Å²) in [6.07, 6.45) is 3.39. The zero-order valence-electron chi connectivity index (χ0n) is 16.6. The van der Waals surface area contributed by atoms with E-state index in [4.69, 9.17) is 25.8 Å². The standard InChI is InChI=1S/C23H20ClNO5/c1-23(2)29-21(26)19(22(27)30-23)13-15-14-25(20-6-4-3-5-18(15)20)11-12-28-17-9-7-16(24)8-10-17/h3-10,13-14H,11-12H2,1-2H3. The maximum atomic E-state index is 12.3. The van der Waals surface area contributed by atoms with Gasteiger partial charge in [-0.3, -0.25) is 0 Å². The van der Waals surface area contributed by atoms with E-state index in [-0.39, 0.29) is 5.57 Å². The number of cyclic esters (lactones) is 2. The first kappa shape index (κ1) is 20.0. The highest BCUT2D eigenvalue weighted by molar-refractivity contribution is 6.30. The van der Waals surface area contributed by atoms with Gasteiger partial charge in [0.15, 0.2) is 0 Å². The summed E-state index contributed by atoms with van der Waals surface area (Å²) >= 11 is 5.89. The molecule has 0 N–H and O–H groups in total. The van der Waals surface area contributed by atoms with E-state index in [1.807, 2.05) is 47.2 Å². The van der Waals surface area contributed by atoms with Gasteiger partial charge in [-0.05, 0) is 36.4 Å². The van der Waals surface area contributed by atoms with Crippen LogP contribution >= 0.6 is 11.6 Å². The molecule has 1 aliphatic rings. The molecule has 0 radical (unpaired) electrons. The van der Waals surface area contributed by atoms with Crippen molar-refractivity contribution in [3.63, 3.8) is 0 Å². The predicted octanol–water partition coefficient (Wildman–Crippen LogP) is 4.59. The molecule has 2 heterocycles. The number of carbonyl (C=O) groups excluding carboxylic acids is 2. The molecule has 154 valence electrons. The molecule has 1 fully saturated rings. The molecule has 0 saturated carbocycles. The van der Waals surface area contributed by atoms with Crippen molar-refractivity contribution in [3.8, 4) is 5.75 Å². The Morgan fingerprint density at radius 3 is 2.40 bits per heavy atom. The van der Waals surface area contributed by atoms with Crippen molar-refractivity contribution in [2.45, 2.75) is 26.2 Å². The Morgan fingerprint density at radius 2 is 1.70 bits per heavy atom. The van der Waals surface area contributed by atoms with E-state index in [0.29, 0.717) is 18.2 Å². The summed E-state index contributed by atoms with van der Waals surface area (Å²) in [6.45, 7) is 4.06. The van der Waals surface area contributed by atoms with Gasteiger partial charge >= 0.3 is 11.9 Å². The third-order valence-corrected chi connectivity index (χ3v) is 4.90. The van der Waals surface area contributed by atoms with Crippen LogP contribution in [0.5, 0.6) is 5.75 Å². The third kappa shape index (κ3) is 4.19. The molecular weight excluding hydrogens is 406 g/mol. The van der Waals surface area contributed by atoms with Crippen LogP contribution in [0, 0.1) is 0 Å². The van der Waals surface area contributed by atoms with Gasteiger partial charge in [0, 0.05) is 41.5 Å². The molecule has 30 heavy (non-hydrogen) atoms. The summed E-state index contributed by atoms with van der Waals surface area (Å²) in [6, 6.07) is 14.9. The Balaban J connectivity index is 1.58. The van der Waals surface area contributed by atoms with Gasteiger partial charge in [-0.1, -0.05) is 29.8 Å². The van der Waals surface area contributed by atoms with E-state index in [1.165, 1.54) is 19.9 Å². The molecule has 0 aliphatic carbocycles. The molecule has 3 aromatic rings. The number of benzene rings is 2. The van der Waals surface area contributed by atoms with Crippen LogP contribution in [0.1, 0.15) is 19.4 Å². The van der Waals surface area contributed by atoms with Gasteiger partial charge in [0.2, 0.25) is 0 Å². The van der Waals surface area contributed by atoms with Crippen LogP contribution in [-0.2, 0) is 25.6 Å². The highest BCUT2D eigenvalue weighted by Crippen LogP contribution is 2.28. The fourth-order valence-electron chi connectivity index (χ4n) is 3.30. The summed E-state index contributed by atoms with van der Waals surface area (Å²) in [5.74, 6) is -1.93. The summed E-state index contributed by atoms with van der Waals surface area (Å²) < 4.78 is 18.2. The minimum absolute atomic E-state index is 0.130. The largest absolute Gasteiger partial charge is 0.492 e. The second-order valence-electron chi connectivity index (χ2n) is 7.33. The van der Waals surface area contributed by atoms with E-state index in [0.717, 1.165) is 22.2 Å². The number of esters is 2. The molecule has 1 saturated heterocycles. The number of aromatic nitrogens is 1. The normalized spacial score (nSPS) is 15.6. The molecule has 4 rings (SSSR count). The Morgan fingerprint density at radius 1 is 1.03 bits per heavy atom. The second kappa shape index (κ2) is 7.88. The van der Waals surface area contributed by atoms with Gasteiger partial charge in [-0.25, -0.2) is 9.59 Å². The van der Waals surface area contributed by atoms with E-state index < -0.39 is 17.7 Å². The van der Waals surface area contributed by atoms with Crippen LogP contribution in [0.25, 0.3) is 17.0 Å². The van der Waals surface area contributed by atoms with Crippen molar-refractivity contribution in [1.29, 1.82) is 0 Å². The molecule has 2 aromatic carbocycles. The topological polar surface area (TPSA) is 66.8 Å². The quantitative estimate of drug-likeness (QED) is 0.339. The van der Waals surface area contributed by atoms with E-state index in [1.54, 1.807) is 12.1 Å². The molecule has 1 aliphatic heterocycles. The fourth-order valence-corrected chi connectivity index (χ4v) is 3.43. The number of hydrogen-bond donors (Lipinski definition) is 0. The Kier molecular flexibility index (Phi) is 5.26. The molecule has 7 heteroatoms. The maximum Gasteiger partial charge on any atom is 0.348 e. The van der Waals surface area contributed by atoms with Crippen molar-refractivity contribution in [2.75, 3.05) is 6.61 Å². The first-order chi connectivity index (χ1) is 14.3. The summed E-state index contributed by atoms with van der Waals surface area (Å²) in [7, 11) is 0. The highest BCUT2D eigenvalue weighted by Gasteiger charge is 2.39. The van der Waals surface area contributed by atoms with Gasteiger partial charge < -0.3 is 18.8 Å². The Hall–Kier alpha value is -3.25. The molecule has 0 unspecified atom stereocenters. The molecular formula is C23H20ClNO5. The Bertz CT molecular complexity index is 1120. The number of hydrogen-bond acceptors (Lipinski definition) is 5. The van der Waals surface area contributed by atoms with Crippen molar-refractivity contribution >= 4 is 40.5 Å². The van der Waals surface area contributed by atoms with Crippen molar-refractivity contribution in [1.82, 2.24) is 4.57 Å². The minimum Gasteiger partial charge on any atom is -0.492 e. The summed E-state index contributed by atoms with van der Waals surface area (Å²) in [5, 5.41) is 1.56. The molecule has 0 atom stereocenters. The zero-order chi connectivity index (χ0) is 21.3. The average Bonchev–Trinajstić information content (AvgIpc) is 3.03. The van der Waals surface area contributed by atoms with Gasteiger partial charge in [-0.2, -0.15) is 0 Å². The van der Waals surface area contributed by atoms with Crippen molar-refractivity contribution in [2.24, 2.45) is 0 Å². The minimum atomic E-state index is -1.27. The first-order valence-electron chi connectivity index (χ1n) is 9.47. The SMILES string of the molecule is CC1(C)OC(=O)C(=Cc2cn(CCOc3ccc(Cl)cc3)c3ccccc23)C(=O)O1. The summed E-state index contributed by atoms with van der Waals surface area (Å²) in [4.78, 5) is 24.6. The lowest BCUT2D eigenvalue weighted by Gasteiger charge is -2.29. The van der Waals surface area contributed by atoms with E-state index >= 15 is 0 Å². The van der Waals surface area contributed by atoms with Crippen LogP contribution in [0.15, 0.2) is 60.3 Å². The summed E-state index contributed by atoms with van der Waals surface area (Å²) in [5.41, 5.74) is 1.55. The number of para-hydroxylation sites is 1. The van der Waals surface area contributed by atoms with Crippen LogP contribution < -0.4 is 4.74 Å². The van der Waals surface area contributed by atoms with E-state index in [9.17, 15) is 9.59 Å². The second-order valence-corrected chi connectivity index (χ2v) is 7.77. The van der Waals surface area contributed by atoms with Crippen molar-refractivity contribution < 1.29 is 23.8 Å². The van der Waals surface area contributed by atoms with Gasteiger partial charge in [0.1, 0.15) is 17.9 Å². The molecule has 0 bridgehead atoms. The lowest BCUT2D eigenvalue weighted by Crippen LogP contribution is -2.41. The lowest BCUT2D eigenvalue weighted by atomic mass is 10.1. The van der Waals surface area contributed by atoms with Crippen LogP contribution in [0.3, 0.4) is 0 Å². The zero-order valence-corrected chi connectivity index (χ0v) is 17.3. The monoisotopic (exact) mass is 425 g/mol. The van der Waals surface area contributed by atoms with Gasteiger partial charge in [0.25, 0.3) is 5.79 Å². The molecule has 0 spiro atoms. The third-order valence-electron chi connectivity index (χ3n) is 4.65. The maximum absolute atomic E-state index is 12.3. The predicted molar refractivity (Wildman–Crippen MR) is 113 cm³/mol. The highest BCUT2D eigenvalue weighted by atomic mass is 35.5. The number of nitrogens with zero attached hydrogens (tertiary/aromatic N) is 1. The molecule has 1 aromatic heterocycles. The smallest absolute Gasteiger partial charge is 0.348 e. The fraction of sp³-hybridized carbons (Fsp3) is 0.217. The number of halogens is 1. The average molecular weight is 426 g/mol. The number of carbonyl (C=O) groups is 2. The Labute approximate surface area is 178 Å². The van der Waals surface area contributed by atoms with E-state index in [2.05, 4.69) is 0 Å². The number of rotatable bonds is 5. The van der Waals surface area contributed by atoms with Crippen molar-refractivity contribution in [3.05, 3.63) is 70.9 Å².